The summed E-state index contributed by atoms with van der Waals surface area (Å²) >= 11 is 6.64. The van der Waals surface area contributed by atoms with E-state index >= 15 is 0 Å². The maximum Gasteiger partial charge on any atom is 0.267 e. The summed E-state index contributed by atoms with van der Waals surface area (Å²) in [6.07, 6.45) is 6.11. The highest BCUT2D eigenvalue weighted by molar-refractivity contribution is 8.26. The van der Waals surface area contributed by atoms with Crippen LogP contribution in [0.15, 0.2) is 28.0 Å². The third-order valence-corrected chi connectivity index (χ3v) is 6.32. The molecule has 8 heteroatoms. The van der Waals surface area contributed by atoms with Crippen molar-refractivity contribution in [3.8, 4) is 0 Å². The van der Waals surface area contributed by atoms with Crippen LogP contribution in [0.4, 0.5) is 5.82 Å². The minimum atomic E-state index is -0.170. The Morgan fingerprint density at radius 3 is 2.50 bits per heavy atom. The van der Waals surface area contributed by atoms with E-state index in [1.165, 1.54) is 11.8 Å². The number of aromatic nitrogens is 2. The van der Waals surface area contributed by atoms with Gasteiger partial charge in [0.25, 0.3) is 11.5 Å². The van der Waals surface area contributed by atoms with Gasteiger partial charge >= 0.3 is 0 Å². The first-order chi connectivity index (χ1) is 14.4. The monoisotopic (exact) mass is 444 g/mol. The van der Waals surface area contributed by atoms with Crippen molar-refractivity contribution in [1.82, 2.24) is 14.3 Å². The van der Waals surface area contributed by atoms with Gasteiger partial charge < -0.3 is 4.90 Å². The van der Waals surface area contributed by atoms with Crippen molar-refractivity contribution >= 4 is 51.7 Å². The van der Waals surface area contributed by atoms with Crippen LogP contribution in [0.2, 0.25) is 0 Å². The highest BCUT2D eigenvalue weighted by Gasteiger charge is 2.32. The standard InChI is InChI=1S/C22H28N4O2S2/c1-5-10-24(11-6-2)19-16(14-17-21(28)26(12-7-3)22(29)30-17)20(27)25-13-8-9-15(4)18(25)23-19/h8-9,13-14H,5-7,10-12H2,1-4H3. The van der Waals surface area contributed by atoms with Crippen LogP contribution in [0.3, 0.4) is 0 Å². The van der Waals surface area contributed by atoms with Crippen molar-refractivity contribution in [2.75, 3.05) is 24.5 Å². The number of fused-ring (bicyclic) bond motifs is 1. The first-order valence-electron chi connectivity index (χ1n) is 10.4. The second-order valence-electron chi connectivity index (χ2n) is 7.36. The van der Waals surface area contributed by atoms with Crippen LogP contribution in [0.1, 0.15) is 51.2 Å². The Kier molecular flexibility index (Phi) is 7.31. The number of hydrogen-bond acceptors (Lipinski definition) is 6. The largest absolute Gasteiger partial charge is 0.356 e. The van der Waals surface area contributed by atoms with Gasteiger partial charge in [-0.3, -0.25) is 18.9 Å². The number of nitrogens with zero attached hydrogens (tertiary/aromatic N) is 4. The number of thioether (sulfide) groups is 1. The van der Waals surface area contributed by atoms with E-state index in [1.807, 2.05) is 26.0 Å². The van der Waals surface area contributed by atoms with E-state index in [4.69, 9.17) is 17.2 Å². The number of aryl methyl sites for hydroxylation is 1. The molecule has 2 aromatic rings. The Morgan fingerprint density at radius 1 is 1.17 bits per heavy atom. The van der Waals surface area contributed by atoms with Crippen LogP contribution in [-0.2, 0) is 4.79 Å². The first kappa shape index (κ1) is 22.5. The van der Waals surface area contributed by atoms with Gasteiger partial charge in [0, 0.05) is 25.8 Å². The maximum atomic E-state index is 13.5. The van der Waals surface area contributed by atoms with E-state index in [2.05, 4.69) is 18.7 Å². The molecule has 0 spiro atoms. The molecule has 0 atom stereocenters. The molecule has 1 fully saturated rings. The molecule has 1 aliphatic heterocycles. The van der Waals surface area contributed by atoms with Crippen LogP contribution in [0.5, 0.6) is 0 Å². The van der Waals surface area contributed by atoms with Crippen molar-refractivity contribution < 1.29 is 4.79 Å². The Hall–Kier alpha value is -2.19. The van der Waals surface area contributed by atoms with Gasteiger partial charge in [-0.1, -0.05) is 50.8 Å². The Bertz CT molecular complexity index is 1060. The summed E-state index contributed by atoms with van der Waals surface area (Å²) < 4.78 is 2.10. The molecule has 0 unspecified atom stereocenters. The molecule has 0 saturated carbocycles. The van der Waals surface area contributed by atoms with E-state index in [0.29, 0.717) is 32.8 Å². The van der Waals surface area contributed by atoms with E-state index in [-0.39, 0.29) is 11.5 Å². The van der Waals surface area contributed by atoms with Crippen molar-refractivity contribution in [3.63, 3.8) is 0 Å². The molecule has 3 rings (SSSR count). The molecule has 0 radical (unpaired) electrons. The van der Waals surface area contributed by atoms with Crippen LogP contribution in [-0.4, -0.2) is 44.1 Å². The topological polar surface area (TPSA) is 57.9 Å². The van der Waals surface area contributed by atoms with Gasteiger partial charge in [0.15, 0.2) is 0 Å². The number of anilines is 1. The lowest BCUT2D eigenvalue weighted by atomic mass is 10.2. The molecule has 0 N–H and O–H groups in total. The summed E-state index contributed by atoms with van der Waals surface area (Å²) in [7, 11) is 0. The fraction of sp³-hybridized carbons (Fsp3) is 0.455. The number of pyridine rings is 1. The summed E-state index contributed by atoms with van der Waals surface area (Å²) in [4.78, 5) is 35.5. The molecule has 0 aliphatic carbocycles. The maximum absolute atomic E-state index is 13.5. The Labute approximate surface area is 187 Å². The Balaban J connectivity index is 2.23. The quantitative estimate of drug-likeness (QED) is 0.448. The van der Waals surface area contributed by atoms with Gasteiger partial charge in [-0.15, -0.1) is 0 Å². The molecule has 1 saturated heterocycles. The van der Waals surface area contributed by atoms with E-state index < -0.39 is 0 Å². The number of carbonyl (C=O) groups excluding carboxylic acids is 1. The highest BCUT2D eigenvalue weighted by Crippen LogP contribution is 2.33. The summed E-state index contributed by atoms with van der Waals surface area (Å²) in [5, 5.41) is 0. The average Bonchev–Trinajstić information content (AvgIpc) is 2.98. The van der Waals surface area contributed by atoms with Gasteiger partial charge in [-0.05, 0) is 43.9 Å². The predicted molar refractivity (Wildman–Crippen MR) is 129 cm³/mol. The number of hydrogen-bond donors (Lipinski definition) is 0. The molecule has 30 heavy (non-hydrogen) atoms. The third-order valence-electron chi connectivity index (χ3n) is 4.95. The molecule has 3 heterocycles. The van der Waals surface area contributed by atoms with Gasteiger partial charge in [-0.25, -0.2) is 4.98 Å². The molecular formula is C22H28N4O2S2. The Morgan fingerprint density at radius 2 is 1.87 bits per heavy atom. The van der Waals surface area contributed by atoms with Crippen molar-refractivity contribution in [3.05, 3.63) is 44.7 Å². The first-order valence-corrected chi connectivity index (χ1v) is 11.7. The van der Waals surface area contributed by atoms with Crippen LogP contribution >= 0.6 is 24.0 Å². The van der Waals surface area contributed by atoms with Crippen molar-refractivity contribution in [2.45, 2.75) is 47.0 Å². The molecular weight excluding hydrogens is 416 g/mol. The van der Waals surface area contributed by atoms with E-state index in [0.717, 1.165) is 37.9 Å². The second-order valence-corrected chi connectivity index (χ2v) is 9.04. The van der Waals surface area contributed by atoms with Gasteiger partial charge in [0.1, 0.15) is 15.8 Å². The number of amides is 1. The normalized spacial score (nSPS) is 15.6. The minimum absolute atomic E-state index is 0.135. The van der Waals surface area contributed by atoms with Gasteiger partial charge in [0.2, 0.25) is 0 Å². The van der Waals surface area contributed by atoms with Crippen molar-refractivity contribution in [1.29, 1.82) is 0 Å². The molecule has 0 bridgehead atoms. The summed E-state index contributed by atoms with van der Waals surface area (Å²) in [5.74, 6) is 0.503. The minimum Gasteiger partial charge on any atom is -0.356 e. The zero-order valence-corrected chi connectivity index (χ0v) is 19.6. The van der Waals surface area contributed by atoms with Crippen molar-refractivity contribution in [2.24, 2.45) is 0 Å². The van der Waals surface area contributed by atoms with Gasteiger partial charge in [-0.2, -0.15) is 0 Å². The lowest BCUT2D eigenvalue weighted by molar-refractivity contribution is -0.122. The van der Waals surface area contributed by atoms with Crippen LogP contribution in [0, 0.1) is 6.92 Å². The van der Waals surface area contributed by atoms with Crippen LogP contribution < -0.4 is 10.5 Å². The second kappa shape index (κ2) is 9.75. The lowest BCUT2D eigenvalue weighted by Crippen LogP contribution is -2.31. The van der Waals surface area contributed by atoms with Crippen LogP contribution in [0.25, 0.3) is 11.7 Å². The average molecular weight is 445 g/mol. The molecule has 0 aromatic carbocycles. The lowest BCUT2D eigenvalue weighted by Gasteiger charge is -2.25. The van der Waals surface area contributed by atoms with Gasteiger partial charge in [0.05, 0.1) is 10.5 Å². The third kappa shape index (κ3) is 4.30. The zero-order valence-electron chi connectivity index (χ0n) is 18.0. The zero-order chi connectivity index (χ0) is 21.8. The number of rotatable bonds is 8. The van der Waals surface area contributed by atoms with E-state index in [9.17, 15) is 9.59 Å². The fourth-order valence-corrected chi connectivity index (χ4v) is 4.87. The molecule has 2 aromatic heterocycles. The molecule has 1 aliphatic rings. The number of thiocarbonyl (C=S) groups is 1. The molecule has 6 nitrogen and oxygen atoms in total. The number of carbonyl (C=O) groups is 1. The molecule has 160 valence electrons. The SMILES string of the molecule is CCCN1C(=O)C(=Cc2c(N(CCC)CCC)nc3c(C)cccn3c2=O)SC1=S. The smallest absolute Gasteiger partial charge is 0.267 e. The van der Waals surface area contributed by atoms with E-state index in [1.54, 1.807) is 21.6 Å². The summed E-state index contributed by atoms with van der Waals surface area (Å²) in [5.41, 5.74) is 1.85. The highest BCUT2D eigenvalue weighted by atomic mass is 32.2. The fourth-order valence-electron chi connectivity index (χ4n) is 3.58. The summed E-state index contributed by atoms with van der Waals surface area (Å²) in [6, 6.07) is 3.79. The molecule has 1 amide bonds. The summed E-state index contributed by atoms with van der Waals surface area (Å²) in [6.45, 7) is 10.3. The predicted octanol–water partition coefficient (Wildman–Crippen LogP) is 4.24.